The first-order valence-electron chi connectivity index (χ1n) is 9.03. The first kappa shape index (κ1) is 17.8. The Balaban J connectivity index is 1.57. The lowest BCUT2D eigenvalue weighted by Gasteiger charge is -2.06. The number of hydrogen-bond donors (Lipinski definition) is 1. The van der Waals surface area contributed by atoms with Gasteiger partial charge in [0.2, 0.25) is 0 Å². The summed E-state index contributed by atoms with van der Waals surface area (Å²) in [4.78, 5) is 17.1. The number of fused-ring (bicyclic) bond motifs is 1. The first-order valence-corrected chi connectivity index (χ1v) is 9.03. The largest absolute Gasteiger partial charge is 0.497 e. The molecule has 4 rings (SSSR count). The van der Waals surface area contributed by atoms with Crippen LogP contribution in [0.25, 0.3) is 22.3 Å². The molecule has 2 heterocycles. The smallest absolute Gasteiger partial charge is 0.273 e. The van der Waals surface area contributed by atoms with Crippen molar-refractivity contribution in [2.24, 2.45) is 7.05 Å². The molecular weight excluding hydrogens is 354 g/mol. The second kappa shape index (κ2) is 7.19. The van der Waals surface area contributed by atoms with Crippen molar-refractivity contribution < 1.29 is 9.53 Å². The van der Waals surface area contributed by atoms with Crippen molar-refractivity contribution in [2.75, 3.05) is 12.4 Å². The minimum Gasteiger partial charge on any atom is -0.497 e. The fourth-order valence-electron chi connectivity index (χ4n) is 3.17. The highest BCUT2D eigenvalue weighted by molar-refractivity contribution is 6.04. The molecule has 0 aliphatic carbocycles. The van der Waals surface area contributed by atoms with Gasteiger partial charge in [0.25, 0.3) is 5.91 Å². The molecule has 4 aromatic rings. The molecule has 0 aliphatic rings. The molecule has 7 heteroatoms. The average Bonchev–Trinajstić information content (AvgIpc) is 3.31. The van der Waals surface area contributed by atoms with Crippen LogP contribution in [0, 0.1) is 0 Å². The number of aryl methyl sites for hydroxylation is 2. The lowest BCUT2D eigenvalue weighted by Crippen LogP contribution is -2.16. The SMILES string of the molecule is CCn1cnc2cc(NC(=O)c3cc(-c4ccc(OC)cc4)nn3C)ccc21. The number of benzene rings is 2. The fraction of sp³-hybridized carbons (Fsp3) is 0.190. The first-order chi connectivity index (χ1) is 13.6. The molecule has 0 aliphatic heterocycles. The molecule has 7 nitrogen and oxygen atoms in total. The summed E-state index contributed by atoms with van der Waals surface area (Å²) in [7, 11) is 3.39. The van der Waals surface area contributed by atoms with Crippen LogP contribution in [-0.2, 0) is 13.6 Å². The van der Waals surface area contributed by atoms with Crippen molar-refractivity contribution in [3.05, 3.63) is 60.6 Å². The van der Waals surface area contributed by atoms with E-state index in [0.717, 1.165) is 34.6 Å². The number of nitrogens with one attached hydrogen (secondary N) is 1. The number of methoxy groups -OCH3 is 1. The molecule has 0 fully saturated rings. The number of carbonyl (C=O) groups is 1. The third-order valence-electron chi connectivity index (χ3n) is 4.72. The van der Waals surface area contributed by atoms with E-state index < -0.39 is 0 Å². The van der Waals surface area contributed by atoms with Crippen LogP contribution >= 0.6 is 0 Å². The fourth-order valence-corrected chi connectivity index (χ4v) is 3.17. The van der Waals surface area contributed by atoms with Crippen LogP contribution in [0.2, 0.25) is 0 Å². The number of carbonyl (C=O) groups excluding carboxylic acids is 1. The van der Waals surface area contributed by atoms with Crippen molar-refractivity contribution in [3.8, 4) is 17.0 Å². The number of imidazole rings is 1. The molecule has 142 valence electrons. The molecule has 0 radical (unpaired) electrons. The minimum atomic E-state index is -0.218. The van der Waals surface area contributed by atoms with Gasteiger partial charge in [-0.3, -0.25) is 9.48 Å². The Morgan fingerprint density at radius 1 is 1.14 bits per heavy atom. The van der Waals surface area contributed by atoms with E-state index >= 15 is 0 Å². The Morgan fingerprint density at radius 2 is 1.93 bits per heavy atom. The van der Waals surface area contributed by atoms with Gasteiger partial charge < -0.3 is 14.6 Å². The molecule has 2 aromatic carbocycles. The van der Waals surface area contributed by atoms with Crippen LogP contribution in [-0.4, -0.2) is 32.3 Å². The summed E-state index contributed by atoms with van der Waals surface area (Å²) in [6.07, 6.45) is 1.80. The highest BCUT2D eigenvalue weighted by atomic mass is 16.5. The summed E-state index contributed by atoms with van der Waals surface area (Å²) in [6, 6.07) is 15.1. The summed E-state index contributed by atoms with van der Waals surface area (Å²) in [5, 5.41) is 7.40. The van der Waals surface area contributed by atoms with Crippen LogP contribution in [0.4, 0.5) is 5.69 Å². The molecule has 28 heavy (non-hydrogen) atoms. The number of amides is 1. The Bertz CT molecular complexity index is 1140. The predicted molar refractivity (Wildman–Crippen MR) is 109 cm³/mol. The number of aromatic nitrogens is 4. The minimum absolute atomic E-state index is 0.218. The number of nitrogens with zero attached hydrogens (tertiary/aromatic N) is 4. The molecule has 1 amide bonds. The summed E-state index contributed by atoms with van der Waals surface area (Å²) in [5.74, 6) is 0.558. The van der Waals surface area contributed by atoms with E-state index in [1.54, 1.807) is 31.2 Å². The van der Waals surface area contributed by atoms with Gasteiger partial charge in [-0.15, -0.1) is 0 Å². The average molecular weight is 375 g/mol. The van der Waals surface area contributed by atoms with Gasteiger partial charge in [0.15, 0.2) is 0 Å². The topological polar surface area (TPSA) is 74.0 Å². The van der Waals surface area contributed by atoms with E-state index in [0.29, 0.717) is 11.4 Å². The molecule has 0 unspecified atom stereocenters. The van der Waals surface area contributed by atoms with Gasteiger partial charge in [0.1, 0.15) is 11.4 Å². The zero-order chi connectivity index (χ0) is 19.7. The van der Waals surface area contributed by atoms with E-state index in [2.05, 4.69) is 26.9 Å². The van der Waals surface area contributed by atoms with Crippen LogP contribution in [0.1, 0.15) is 17.4 Å². The Hall–Kier alpha value is -3.61. The number of rotatable bonds is 5. The second-order valence-electron chi connectivity index (χ2n) is 6.46. The van der Waals surface area contributed by atoms with Crippen molar-refractivity contribution in [2.45, 2.75) is 13.5 Å². The number of anilines is 1. The Morgan fingerprint density at radius 3 is 2.64 bits per heavy atom. The second-order valence-corrected chi connectivity index (χ2v) is 6.46. The van der Waals surface area contributed by atoms with Crippen LogP contribution in [0.5, 0.6) is 5.75 Å². The van der Waals surface area contributed by atoms with Gasteiger partial charge in [0, 0.05) is 24.8 Å². The van der Waals surface area contributed by atoms with Gasteiger partial charge in [-0.05, 0) is 55.5 Å². The highest BCUT2D eigenvalue weighted by Gasteiger charge is 2.15. The Kier molecular flexibility index (Phi) is 4.57. The summed E-state index contributed by atoms with van der Waals surface area (Å²) < 4.78 is 8.82. The Labute approximate surface area is 162 Å². The third kappa shape index (κ3) is 3.22. The van der Waals surface area contributed by atoms with E-state index in [4.69, 9.17) is 4.74 Å². The van der Waals surface area contributed by atoms with E-state index in [1.165, 1.54) is 0 Å². The van der Waals surface area contributed by atoms with Crippen LogP contribution < -0.4 is 10.1 Å². The number of hydrogen-bond acceptors (Lipinski definition) is 4. The third-order valence-corrected chi connectivity index (χ3v) is 4.72. The molecular formula is C21H21N5O2. The maximum Gasteiger partial charge on any atom is 0.273 e. The molecule has 2 aromatic heterocycles. The summed E-state index contributed by atoms with van der Waals surface area (Å²) >= 11 is 0. The molecule has 1 N–H and O–H groups in total. The molecule has 0 bridgehead atoms. The van der Waals surface area contributed by atoms with Crippen molar-refractivity contribution in [1.29, 1.82) is 0 Å². The van der Waals surface area contributed by atoms with Crippen LogP contribution in [0.15, 0.2) is 54.9 Å². The van der Waals surface area contributed by atoms with E-state index in [-0.39, 0.29) is 5.91 Å². The normalized spacial score (nSPS) is 11.0. The van der Waals surface area contributed by atoms with E-state index in [1.807, 2.05) is 42.5 Å². The molecule has 0 saturated carbocycles. The lowest BCUT2D eigenvalue weighted by atomic mass is 10.1. The van der Waals surface area contributed by atoms with Gasteiger partial charge in [-0.25, -0.2) is 4.98 Å². The lowest BCUT2D eigenvalue weighted by molar-refractivity contribution is 0.101. The van der Waals surface area contributed by atoms with Crippen molar-refractivity contribution in [3.63, 3.8) is 0 Å². The quantitative estimate of drug-likeness (QED) is 0.577. The van der Waals surface area contributed by atoms with Crippen molar-refractivity contribution in [1.82, 2.24) is 19.3 Å². The maximum absolute atomic E-state index is 12.8. The predicted octanol–water partition coefficient (Wildman–Crippen LogP) is 3.72. The van der Waals surface area contributed by atoms with Gasteiger partial charge >= 0.3 is 0 Å². The monoisotopic (exact) mass is 375 g/mol. The summed E-state index contributed by atoms with van der Waals surface area (Å²) in [5.41, 5.74) is 4.72. The summed E-state index contributed by atoms with van der Waals surface area (Å²) in [6.45, 7) is 2.92. The van der Waals surface area contributed by atoms with Gasteiger partial charge in [-0.2, -0.15) is 5.10 Å². The number of ether oxygens (including phenoxy) is 1. The van der Waals surface area contributed by atoms with E-state index in [9.17, 15) is 4.79 Å². The zero-order valence-corrected chi connectivity index (χ0v) is 16.0. The maximum atomic E-state index is 12.8. The standard InChI is InChI=1S/C21H21N5O2/c1-4-26-13-22-18-11-15(7-10-19(18)26)23-21(27)20-12-17(24-25(20)2)14-5-8-16(28-3)9-6-14/h5-13H,4H2,1-3H3,(H,23,27). The van der Waals surface area contributed by atoms with Crippen molar-refractivity contribution >= 4 is 22.6 Å². The molecule has 0 saturated heterocycles. The highest BCUT2D eigenvalue weighted by Crippen LogP contribution is 2.23. The van der Waals surface area contributed by atoms with Gasteiger partial charge in [0.05, 0.1) is 30.2 Å². The zero-order valence-electron chi connectivity index (χ0n) is 16.0. The molecule has 0 atom stereocenters. The van der Waals surface area contributed by atoms with Crippen LogP contribution in [0.3, 0.4) is 0 Å². The molecule has 0 spiro atoms. The van der Waals surface area contributed by atoms with Gasteiger partial charge in [-0.1, -0.05) is 0 Å².